The van der Waals surface area contributed by atoms with Gasteiger partial charge in [0.25, 0.3) is 0 Å². The fourth-order valence-electron chi connectivity index (χ4n) is 2.14. The Hall–Kier alpha value is -1.06. The van der Waals surface area contributed by atoms with Gasteiger partial charge in [0, 0.05) is 13.3 Å². The van der Waals surface area contributed by atoms with Crippen molar-refractivity contribution in [1.29, 1.82) is 0 Å². The molecule has 72 valence electrons. The normalized spacial score (nSPS) is 37.0. The van der Waals surface area contributed by atoms with Crippen LogP contribution in [-0.2, 0) is 19.1 Å². The van der Waals surface area contributed by atoms with Gasteiger partial charge < -0.3 is 9.47 Å². The molecule has 0 aromatic heterocycles. The van der Waals surface area contributed by atoms with Crippen LogP contribution in [0.5, 0.6) is 0 Å². The molecule has 2 atom stereocenters. The molecule has 13 heavy (non-hydrogen) atoms. The maximum atomic E-state index is 11.4. The smallest absolute Gasteiger partial charge is 0.351 e. The van der Waals surface area contributed by atoms with Crippen LogP contribution in [-0.4, -0.2) is 23.6 Å². The average Bonchev–Trinajstić information content (AvgIpc) is 2.21. The van der Waals surface area contributed by atoms with Crippen molar-refractivity contribution in [2.45, 2.75) is 44.3 Å². The van der Waals surface area contributed by atoms with Crippen LogP contribution >= 0.6 is 0 Å². The number of esters is 2. The molecule has 1 saturated carbocycles. The minimum absolute atomic E-state index is 0.0272. The number of carbonyl (C=O) groups is 2. The highest BCUT2D eigenvalue weighted by Crippen LogP contribution is 2.40. The standard InChI is InChI=1S/C9H12O4/c1-6(10)13-9-4-2-3-7(5-9)12-8(9)11/h7H,2-5H2,1H3. The molecular weight excluding hydrogens is 172 g/mol. The SMILES string of the molecule is CC(=O)OC12CCCC(C1)OC2=O. The summed E-state index contributed by atoms with van der Waals surface area (Å²) in [4.78, 5) is 22.2. The molecule has 4 nitrogen and oxygen atoms in total. The Morgan fingerprint density at radius 2 is 2.46 bits per heavy atom. The summed E-state index contributed by atoms with van der Waals surface area (Å²) in [7, 11) is 0. The topological polar surface area (TPSA) is 52.6 Å². The fourth-order valence-corrected chi connectivity index (χ4v) is 2.14. The van der Waals surface area contributed by atoms with Crippen LogP contribution in [0.1, 0.15) is 32.6 Å². The van der Waals surface area contributed by atoms with E-state index in [2.05, 4.69) is 0 Å². The van der Waals surface area contributed by atoms with E-state index >= 15 is 0 Å². The number of rotatable bonds is 1. The predicted octanol–water partition coefficient (Wildman–Crippen LogP) is 0.788. The van der Waals surface area contributed by atoms with Crippen molar-refractivity contribution in [2.75, 3.05) is 0 Å². The Bertz CT molecular complexity index is 260. The summed E-state index contributed by atoms with van der Waals surface area (Å²) < 4.78 is 10.1. The molecule has 1 saturated heterocycles. The lowest BCUT2D eigenvalue weighted by Crippen LogP contribution is -2.40. The zero-order valence-electron chi connectivity index (χ0n) is 7.54. The molecule has 0 N–H and O–H groups in total. The molecular formula is C9H12O4. The first kappa shape index (κ1) is 8.53. The predicted molar refractivity (Wildman–Crippen MR) is 42.8 cm³/mol. The highest BCUT2D eigenvalue weighted by atomic mass is 16.6. The van der Waals surface area contributed by atoms with Gasteiger partial charge in [0.15, 0.2) is 0 Å². The van der Waals surface area contributed by atoms with Gasteiger partial charge in [0.1, 0.15) is 6.10 Å². The second-order valence-electron chi connectivity index (χ2n) is 3.71. The summed E-state index contributed by atoms with van der Waals surface area (Å²) in [6, 6.07) is 0. The fraction of sp³-hybridized carbons (Fsp3) is 0.778. The summed E-state index contributed by atoms with van der Waals surface area (Å²) in [5.74, 6) is -0.760. The van der Waals surface area contributed by atoms with Crippen molar-refractivity contribution in [1.82, 2.24) is 0 Å². The maximum absolute atomic E-state index is 11.4. The van der Waals surface area contributed by atoms with Crippen molar-refractivity contribution in [3.63, 3.8) is 0 Å². The lowest BCUT2D eigenvalue weighted by Gasteiger charge is -2.26. The van der Waals surface area contributed by atoms with Gasteiger partial charge in [-0.15, -0.1) is 0 Å². The van der Waals surface area contributed by atoms with Crippen LogP contribution in [0.15, 0.2) is 0 Å². The monoisotopic (exact) mass is 184 g/mol. The zero-order valence-corrected chi connectivity index (χ0v) is 7.54. The molecule has 0 spiro atoms. The van der Waals surface area contributed by atoms with E-state index < -0.39 is 11.6 Å². The molecule has 2 fully saturated rings. The van der Waals surface area contributed by atoms with Gasteiger partial charge in [-0.25, -0.2) is 4.79 Å². The molecule has 2 unspecified atom stereocenters. The second kappa shape index (κ2) is 2.72. The number of hydrogen-bond acceptors (Lipinski definition) is 4. The first-order valence-corrected chi connectivity index (χ1v) is 4.53. The first-order valence-electron chi connectivity index (χ1n) is 4.53. The third kappa shape index (κ3) is 1.30. The van der Waals surface area contributed by atoms with Gasteiger partial charge in [0.2, 0.25) is 5.60 Å². The Kier molecular flexibility index (Phi) is 1.78. The van der Waals surface area contributed by atoms with E-state index in [0.29, 0.717) is 12.8 Å². The van der Waals surface area contributed by atoms with E-state index in [4.69, 9.17) is 9.47 Å². The van der Waals surface area contributed by atoms with Crippen LogP contribution in [0.2, 0.25) is 0 Å². The van der Waals surface area contributed by atoms with Crippen molar-refractivity contribution < 1.29 is 19.1 Å². The van der Waals surface area contributed by atoms with Gasteiger partial charge >= 0.3 is 11.9 Å². The second-order valence-corrected chi connectivity index (χ2v) is 3.71. The third-order valence-electron chi connectivity index (χ3n) is 2.65. The van der Waals surface area contributed by atoms with E-state index in [0.717, 1.165) is 12.8 Å². The number of ether oxygens (including phenoxy) is 2. The zero-order chi connectivity index (χ0) is 9.47. The summed E-state index contributed by atoms with van der Waals surface area (Å²) in [5, 5.41) is 0. The number of carbonyl (C=O) groups excluding carboxylic acids is 2. The molecule has 1 aliphatic carbocycles. The molecule has 0 radical (unpaired) electrons. The first-order chi connectivity index (χ1) is 6.12. The molecule has 0 amide bonds. The van der Waals surface area contributed by atoms with E-state index in [-0.39, 0.29) is 12.1 Å². The van der Waals surface area contributed by atoms with Gasteiger partial charge in [-0.05, 0) is 19.3 Å². The summed E-state index contributed by atoms with van der Waals surface area (Å²) in [6.45, 7) is 1.32. The average molecular weight is 184 g/mol. The number of fused-ring (bicyclic) bond motifs is 2. The Morgan fingerprint density at radius 1 is 1.69 bits per heavy atom. The number of hydrogen-bond donors (Lipinski definition) is 0. The van der Waals surface area contributed by atoms with Crippen LogP contribution in [0.4, 0.5) is 0 Å². The maximum Gasteiger partial charge on any atom is 0.351 e. The highest BCUT2D eigenvalue weighted by molar-refractivity contribution is 5.85. The van der Waals surface area contributed by atoms with Crippen LogP contribution in [0, 0.1) is 0 Å². The third-order valence-corrected chi connectivity index (χ3v) is 2.65. The highest BCUT2D eigenvalue weighted by Gasteiger charge is 2.54. The molecule has 2 rings (SSSR count). The Balaban J connectivity index is 2.19. The van der Waals surface area contributed by atoms with Gasteiger partial charge in [-0.3, -0.25) is 4.79 Å². The molecule has 0 aromatic rings. The van der Waals surface area contributed by atoms with Gasteiger partial charge in [-0.2, -0.15) is 0 Å². The minimum Gasteiger partial charge on any atom is -0.459 e. The quantitative estimate of drug-likeness (QED) is 0.565. The van der Waals surface area contributed by atoms with E-state index in [9.17, 15) is 9.59 Å². The summed E-state index contributed by atoms with van der Waals surface area (Å²) >= 11 is 0. The summed E-state index contributed by atoms with van der Waals surface area (Å²) in [5.41, 5.74) is -0.936. The van der Waals surface area contributed by atoms with Crippen molar-refractivity contribution >= 4 is 11.9 Å². The Labute approximate surface area is 76.2 Å². The molecule has 0 aromatic carbocycles. The Morgan fingerprint density at radius 3 is 3.15 bits per heavy atom. The molecule has 2 bridgehead atoms. The van der Waals surface area contributed by atoms with E-state index in [1.807, 2.05) is 0 Å². The van der Waals surface area contributed by atoms with E-state index in [1.54, 1.807) is 0 Å². The van der Waals surface area contributed by atoms with Gasteiger partial charge in [-0.1, -0.05) is 0 Å². The lowest BCUT2D eigenvalue weighted by molar-refractivity contribution is -0.171. The molecule has 4 heteroatoms. The van der Waals surface area contributed by atoms with Crippen molar-refractivity contribution in [3.05, 3.63) is 0 Å². The lowest BCUT2D eigenvalue weighted by atomic mass is 9.86. The largest absolute Gasteiger partial charge is 0.459 e. The summed E-state index contributed by atoms with van der Waals surface area (Å²) in [6.07, 6.45) is 2.92. The van der Waals surface area contributed by atoms with E-state index in [1.165, 1.54) is 6.92 Å². The van der Waals surface area contributed by atoms with Crippen LogP contribution in [0.25, 0.3) is 0 Å². The molecule has 1 heterocycles. The van der Waals surface area contributed by atoms with Crippen molar-refractivity contribution in [2.24, 2.45) is 0 Å². The molecule has 1 aliphatic heterocycles. The molecule has 2 aliphatic rings. The van der Waals surface area contributed by atoms with Crippen LogP contribution < -0.4 is 0 Å². The minimum atomic E-state index is -0.936. The van der Waals surface area contributed by atoms with Crippen molar-refractivity contribution in [3.8, 4) is 0 Å². The van der Waals surface area contributed by atoms with Crippen LogP contribution in [0.3, 0.4) is 0 Å². The van der Waals surface area contributed by atoms with Gasteiger partial charge in [0.05, 0.1) is 0 Å².